The molecule has 0 unspecified atom stereocenters. The Bertz CT molecular complexity index is 1220. The maximum absolute atomic E-state index is 12.9. The third-order valence-electron chi connectivity index (χ3n) is 5.85. The van der Waals surface area contributed by atoms with Crippen LogP contribution in [0.5, 0.6) is 0 Å². The van der Waals surface area contributed by atoms with Gasteiger partial charge in [0, 0.05) is 10.9 Å². The van der Waals surface area contributed by atoms with Gasteiger partial charge in [0.2, 0.25) is 11.8 Å². The lowest BCUT2D eigenvalue weighted by Crippen LogP contribution is -2.30. The van der Waals surface area contributed by atoms with E-state index in [0.717, 1.165) is 0 Å². The van der Waals surface area contributed by atoms with Crippen molar-refractivity contribution in [1.82, 2.24) is 4.98 Å². The highest BCUT2D eigenvalue weighted by Crippen LogP contribution is 2.38. The predicted molar refractivity (Wildman–Crippen MR) is 112 cm³/mol. The number of anilines is 1. The van der Waals surface area contributed by atoms with Crippen LogP contribution in [0.3, 0.4) is 0 Å². The van der Waals surface area contributed by atoms with Crippen molar-refractivity contribution >= 4 is 34.4 Å². The molecule has 1 aliphatic carbocycles. The molecule has 0 spiro atoms. The Kier molecular flexibility index (Phi) is 4.20. The summed E-state index contributed by atoms with van der Waals surface area (Å²) in [6, 6.07) is 15.6. The number of imide groups is 1. The van der Waals surface area contributed by atoms with E-state index in [1.54, 1.807) is 48.5 Å². The number of carbonyl (C=O) groups is 3. The summed E-state index contributed by atoms with van der Waals surface area (Å²) in [6.45, 7) is 0. The van der Waals surface area contributed by atoms with Crippen LogP contribution >= 0.6 is 0 Å². The maximum atomic E-state index is 12.9. The number of aromatic nitrogens is 1. The van der Waals surface area contributed by atoms with Gasteiger partial charge in [0.05, 0.1) is 34.3 Å². The molecule has 0 saturated carbocycles. The van der Waals surface area contributed by atoms with Crippen molar-refractivity contribution < 1.29 is 19.5 Å². The number of aromatic carboxylic acids is 1. The summed E-state index contributed by atoms with van der Waals surface area (Å²) in [5.41, 5.74) is 2.35. The molecule has 1 fully saturated rings. The number of carboxylic acids is 1. The molecule has 2 atom stereocenters. The monoisotopic (exact) mass is 398 g/mol. The minimum Gasteiger partial charge on any atom is -0.478 e. The highest BCUT2D eigenvalue weighted by Gasteiger charge is 2.47. The van der Waals surface area contributed by atoms with Crippen LogP contribution in [0.1, 0.15) is 23.2 Å². The van der Waals surface area contributed by atoms with Crippen LogP contribution in [0.4, 0.5) is 5.69 Å². The maximum Gasteiger partial charge on any atom is 0.336 e. The van der Waals surface area contributed by atoms with Gasteiger partial charge in [-0.1, -0.05) is 42.5 Å². The van der Waals surface area contributed by atoms with Crippen LogP contribution in [0.15, 0.2) is 66.7 Å². The van der Waals surface area contributed by atoms with Crippen LogP contribution in [0, 0.1) is 11.8 Å². The minimum atomic E-state index is -1.03. The van der Waals surface area contributed by atoms with Crippen molar-refractivity contribution in [2.45, 2.75) is 12.8 Å². The van der Waals surface area contributed by atoms with E-state index < -0.39 is 5.97 Å². The van der Waals surface area contributed by atoms with E-state index in [9.17, 15) is 19.5 Å². The first-order valence-corrected chi connectivity index (χ1v) is 9.81. The number of para-hydroxylation sites is 1. The number of benzene rings is 2. The summed E-state index contributed by atoms with van der Waals surface area (Å²) in [4.78, 5) is 43.4. The molecular weight excluding hydrogens is 380 g/mol. The second-order valence-corrected chi connectivity index (χ2v) is 7.60. The van der Waals surface area contributed by atoms with Crippen molar-refractivity contribution in [2.24, 2.45) is 11.8 Å². The quantitative estimate of drug-likeness (QED) is 0.531. The van der Waals surface area contributed by atoms with Gasteiger partial charge in [-0.3, -0.25) is 14.5 Å². The molecule has 0 radical (unpaired) electrons. The van der Waals surface area contributed by atoms with Crippen LogP contribution < -0.4 is 4.90 Å². The fourth-order valence-corrected chi connectivity index (χ4v) is 4.36. The molecule has 1 aliphatic heterocycles. The lowest BCUT2D eigenvalue weighted by atomic mass is 9.85. The number of nitrogens with zero attached hydrogens (tertiary/aromatic N) is 2. The lowest BCUT2D eigenvalue weighted by Gasteiger charge is -2.16. The van der Waals surface area contributed by atoms with E-state index >= 15 is 0 Å². The van der Waals surface area contributed by atoms with Crippen LogP contribution in [-0.2, 0) is 9.59 Å². The van der Waals surface area contributed by atoms with Crippen LogP contribution in [-0.4, -0.2) is 27.9 Å². The highest BCUT2D eigenvalue weighted by molar-refractivity contribution is 6.22. The fourth-order valence-electron chi connectivity index (χ4n) is 4.36. The molecule has 0 bridgehead atoms. The first kappa shape index (κ1) is 18.2. The average Bonchev–Trinajstić information content (AvgIpc) is 3.03. The number of carboxylic acid groups (broad SMARTS) is 1. The Morgan fingerprint density at radius 2 is 1.63 bits per heavy atom. The number of carbonyl (C=O) groups excluding carboxylic acids is 2. The Hall–Kier alpha value is -3.80. The Labute approximate surface area is 172 Å². The Morgan fingerprint density at radius 3 is 2.33 bits per heavy atom. The van der Waals surface area contributed by atoms with Crippen LogP contribution in [0.2, 0.25) is 0 Å². The number of allylic oxidation sites excluding steroid dienone is 2. The van der Waals surface area contributed by atoms with Crippen molar-refractivity contribution in [3.05, 3.63) is 72.3 Å². The van der Waals surface area contributed by atoms with Gasteiger partial charge in [-0.15, -0.1) is 0 Å². The number of fused-ring (bicyclic) bond motifs is 2. The molecule has 1 saturated heterocycles. The molecule has 6 nitrogen and oxygen atoms in total. The molecule has 2 aliphatic rings. The fraction of sp³-hybridized carbons (Fsp3) is 0.167. The van der Waals surface area contributed by atoms with Crippen molar-refractivity contribution in [1.29, 1.82) is 0 Å². The number of amides is 2. The Morgan fingerprint density at radius 1 is 0.933 bits per heavy atom. The number of pyridine rings is 1. The second-order valence-electron chi connectivity index (χ2n) is 7.60. The van der Waals surface area contributed by atoms with Crippen molar-refractivity contribution in [2.75, 3.05) is 4.90 Å². The van der Waals surface area contributed by atoms with Crippen LogP contribution in [0.25, 0.3) is 22.2 Å². The molecule has 30 heavy (non-hydrogen) atoms. The van der Waals surface area contributed by atoms with Gasteiger partial charge in [0.1, 0.15) is 0 Å². The number of hydrogen-bond acceptors (Lipinski definition) is 4. The summed E-state index contributed by atoms with van der Waals surface area (Å²) < 4.78 is 0. The van der Waals surface area contributed by atoms with Crippen molar-refractivity contribution in [3.63, 3.8) is 0 Å². The standard InChI is InChI=1S/C24H18N2O4/c27-22-17-9-1-2-10-18(17)23(28)26(22)15-7-5-6-14(12-15)21-13-19(24(29)30)16-8-3-4-11-20(16)25-21/h1-8,11-13,17-18H,9-10H2,(H,29,30)/t17-,18-/m0/s1. The molecule has 148 valence electrons. The molecule has 5 rings (SSSR count). The number of hydrogen-bond donors (Lipinski definition) is 1. The zero-order chi connectivity index (χ0) is 20.8. The van der Waals surface area contributed by atoms with Gasteiger partial charge in [-0.05, 0) is 37.1 Å². The third-order valence-corrected chi connectivity index (χ3v) is 5.85. The smallest absolute Gasteiger partial charge is 0.336 e. The Balaban J connectivity index is 1.59. The summed E-state index contributed by atoms with van der Waals surface area (Å²) >= 11 is 0. The topological polar surface area (TPSA) is 87.6 Å². The SMILES string of the molecule is O=C(O)c1cc(-c2cccc(N3C(=O)[C@H]4CC=CC[C@@H]4C3=O)c2)nc2ccccc12. The predicted octanol–water partition coefficient (Wildman–Crippen LogP) is 4.06. The van der Waals surface area contributed by atoms with Crippen molar-refractivity contribution in [3.8, 4) is 11.3 Å². The van der Waals surface area contributed by atoms with Gasteiger partial charge in [-0.2, -0.15) is 0 Å². The average molecular weight is 398 g/mol. The van der Waals surface area contributed by atoms with Gasteiger partial charge >= 0.3 is 5.97 Å². The van der Waals surface area contributed by atoms with E-state index in [1.807, 2.05) is 12.2 Å². The highest BCUT2D eigenvalue weighted by atomic mass is 16.4. The zero-order valence-electron chi connectivity index (χ0n) is 16.0. The lowest BCUT2D eigenvalue weighted by molar-refractivity contribution is -0.122. The summed E-state index contributed by atoms with van der Waals surface area (Å²) in [5.74, 6) is -1.99. The summed E-state index contributed by atoms with van der Waals surface area (Å²) in [5, 5.41) is 10.2. The normalized spacial score (nSPS) is 20.6. The van der Waals surface area contributed by atoms with Gasteiger partial charge in [0.25, 0.3) is 0 Å². The second kappa shape index (κ2) is 6.91. The van der Waals surface area contributed by atoms with E-state index in [0.29, 0.717) is 40.7 Å². The zero-order valence-corrected chi connectivity index (χ0v) is 16.0. The minimum absolute atomic E-state index is 0.159. The molecule has 2 amide bonds. The first-order chi connectivity index (χ1) is 14.5. The van der Waals surface area contributed by atoms with E-state index in [4.69, 9.17) is 0 Å². The summed E-state index contributed by atoms with van der Waals surface area (Å²) in [7, 11) is 0. The third kappa shape index (κ3) is 2.80. The van der Waals surface area contributed by atoms with E-state index in [-0.39, 0.29) is 29.2 Å². The molecular formula is C24H18N2O4. The van der Waals surface area contributed by atoms with E-state index in [1.165, 1.54) is 11.0 Å². The molecule has 2 aromatic carbocycles. The molecule has 1 aromatic heterocycles. The molecule has 3 aromatic rings. The van der Waals surface area contributed by atoms with Gasteiger partial charge in [-0.25, -0.2) is 9.78 Å². The number of rotatable bonds is 3. The largest absolute Gasteiger partial charge is 0.478 e. The summed E-state index contributed by atoms with van der Waals surface area (Å²) in [6.07, 6.45) is 5.08. The first-order valence-electron chi connectivity index (χ1n) is 9.81. The molecule has 6 heteroatoms. The van der Waals surface area contributed by atoms with Gasteiger partial charge < -0.3 is 5.11 Å². The van der Waals surface area contributed by atoms with Gasteiger partial charge in [0.15, 0.2) is 0 Å². The van der Waals surface area contributed by atoms with E-state index in [2.05, 4.69) is 4.98 Å². The molecule has 2 heterocycles. The molecule has 1 N–H and O–H groups in total.